The van der Waals surface area contributed by atoms with E-state index in [-0.39, 0.29) is 48.9 Å². The van der Waals surface area contributed by atoms with Crippen LogP contribution < -0.4 is 0 Å². The number of aliphatic hydroxyl groups is 1. The molecule has 0 unspecified atom stereocenters. The number of hydrogen-bond acceptors (Lipinski definition) is 4. The van der Waals surface area contributed by atoms with Crippen molar-refractivity contribution in [3.05, 3.63) is 108 Å². The molecule has 0 bridgehead atoms. The number of allylic oxidation sites excluding steroid dienone is 2. The fourth-order valence-corrected chi connectivity index (χ4v) is 6.45. The predicted molar refractivity (Wildman–Crippen MR) is 183 cm³/mol. The van der Waals surface area contributed by atoms with Crippen LogP contribution in [-0.4, -0.2) is 20.9 Å². The van der Waals surface area contributed by atoms with Crippen LogP contribution in [-0.2, 0) is 30.3 Å². The summed E-state index contributed by atoms with van der Waals surface area (Å²) in [4.78, 5) is 21.0. The first-order valence-electron chi connectivity index (χ1n) is 16.0. The number of ketones is 1. The van der Waals surface area contributed by atoms with E-state index in [1.54, 1.807) is 0 Å². The van der Waals surface area contributed by atoms with Crippen molar-refractivity contribution in [3.8, 4) is 22.4 Å². The quantitative estimate of drug-likeness (QED) is 0.0969. The zero-order chi connectivity index (χ0) is 31.4. The van der Waals surface area contributed by atoms with Gasteiger partial charge in [0.05, 0.1) is 5.76 Å². The van der Waals surface area contributed by atoms with Crippen LogP contribution in [0.25, 0.3) is 44.1 Å². The number of benzene rings is 3. The molecule has 4 nitrogen and oxygen atoms in total. The van der Waals surface area contributed by atoms with E-state index in [4.69, 9.17) is 4.98 Å². The van der Waals surface area contributed by atoms with Gasteiger partial charge in [-0.2, -0.15) is 0 Å². The maximum absolute atomic E-state index is 11.7. The molecule has 0 saturated heterocycles. The third-order valence-electron chi connectivity index (χ3n) is 9.29. The van der Waals surface area contributed by atoms with Gasteiger partial charge < -0.3 is 10.1 Å². The molecule has 0 amide bonds. The minimum absolute atomic E-state index is 0. The molecule has 0 fully saturated rings. The van der Waals surface area contributed by atoms with Gasteiger partial charge in [-0.25, -0.2) is 0 Å². The topological polar surface area (TPSA) is 63.1 Å². The first-order valence-corrected chi connectivity index (χ1v) is 16.0. The van der Waals surface area contributed by atoms with Crippen LogP contribution in [0.1, 0.15) is 78.4 Å². The molecular formula is C40H43IrN2O2-. The van der Waals surface area contributed by atoms with Gasteiger partial charge in [0.1, 0.15) is 0 Å². The Hall–Kier alpha value is -3.66. The molecule has 235 valence electrons. The molecule has 0 saturated carbocycles. The summed E-state index contributed by atoms with van der Waals surface area (Å²) in [5.41, 5.74) is 7.88. The van der Waals surface area contributed by atoms with Crippen molar-refractivity contribution in [3.63, 3.8) is 0 Å². The van der Waals surface area contributed by atoms with Gasteiger partial charge in [-0.1, -0.05) is 95.5 Å². The summed E-state index contributed by atoms with van der Waals surface area (Å²) >= 11 is 0. The maximum Gasteiger partial charge on any atom is 0.162 e. The Labute approximate surface area is 281 Å². The number of hydrogen-bond donors (Lipinski definition) is 1. The molecule has 45 heavy (non-hydrogen) atoms. The summed E-state index contributed by atoms with van der Waals surface area (Å²) in [7, 11) is 0. The fourth-order valence-electron chi connectivity index (χ4n) is 6.45. The Morgan fingerprint density at radius 3 is 2.16 bits per heavy atom. The van der Waals surface area contributed by atoms with Crippen LogP contribution in [0.3, 0.4) is 0 Å². The zero-order valence-electron chi connectivity index (χ0n) is 27.1. The second-order valence-corrected chi connectivity index (χ2v) is 12.3. The number of carbonyl (C=O) groups excluding carboxylic acids is 1. The van der Waals surface area contributed by atoms with Crippen LogP contribution >= 0.6 is 0 Å². The smallest absolute Gasteiger partial charge is 0.162 e. The molecule has 3 aromatic carbocycles. The SMILES string of the molecule is CC1(C)c2cc3cccnc3[c-]c2-c2nccc3cc(-c4ccccc4)cc1c23.CCC(CC)C(=O)/C=C(\O)C(CC)CC.[Ir]. The number of aromatic nitrogens is 2. The Balaban J connectivity index is 0.000000249. The van der Waals surface area contributed by atoms with E-state index in [1.807, 2.05) is 46.2 Å². The molecule has 1 aliphatic rings. The van der Waals surface area contributed by atoms with Gasteiger partial charge in [-0.15, -0.1) is 23.3 Å². The Morgan fingerprint density at radius 1 is 0.800 bits per heavy atom. The molecule has 5 aromatic rings. The van der Waals surface area contributed by atoms with Gasteiger partial charge >= 0.3 is 0 Å². The average Bonchev–Trinajstić information content (AvgIpc) is 3.04. The minimum Gasteiger partial charge on any atom is -0.512 e. The monoisotopic (exact) mass is 776 g/mol. The summed E-state index contributed by atoms with van der Waals surface area (Å²) in [5.74, 6) is 0.547. The summed E-state index contributed by atoms with van der Waals surface area (Å²) < 4.78 is 0. The number of carbonyl (C=O) groups is 1. The minimum atomic E-state index is -0.158. The largest absolute Gasteiger partial charge is 0.512 e. The first kappa shape index (κ1) is 34.2. The molecule has 1 radical (unpaired) electrons. The van der Waals surface area contributed by atoms with E-state index >= 15 is 0 Å². The Morgan fingerprint density at radius 2 is 1.49 bits per heavy atom. The van der Waals surface area contributed by atoms with Crippen molar-refractivity contribution in [1.82, 2.24) is 9.97 Å². The van der Waals surface area contributed by atoms with Gasteiger partial charge in [0.15, 0.2) is 5.78 Å². The Kier molecular flexibility index (Phi) is 11.1. The summed E-state index contributed by atoms with van der Waals surface area (Å²) in [5, 5.41) is 13.3. The molecule has 5 heteroatoms. The van der Waals surface area contributed by atoms with Gasteiger partial charge in [-0.3, -0.25) is 9.78 Å². The summed E-state index contributed by atoms with van der Waals surface area (Å²) in [6.07, 6.45) is 8.64. The van der Waals surface area contributed by atoms with E-state index < -0.39 is 0 Å². The van der Waals surface area contributed by atoms with Crippen molar-refractivity contribution in [2.75, 3.05) is 0 Å². The number of aliphatic hydroxyl groups excluding tert-OH is 1. The zero-order valence-corrected chi connectivity index (χ0v) is 29.5. The van der Waals surface area contributed by atoms with Gasteiger partial charge in [0.25, 0.3) is 0 Å². The van der Waals surface area contributed by atoms with Crippen LogP contribution in [0.2, 0.25) is 0 Å². The van der Waals surface area contributed by atoms with Crippen LogP contribution in [0.15, 0.2) is 91.0 Å². The molecule has 6 rings (SSSR count). The van der Waals surface area contributed by atoms with Crippen LogP contribution in [0.4, 0.5) is 0 Å². The number of pyridine rings is 2. The van der Waals surface area contributed by atoms with E-state index in [1.165, 1.54) is 39.1 Å². The van der Waals surface area contributed by atoms with Crippen molar-refractivity contribution in [2.24, 2.45) is 11.8 Å². The third-order valence-corrected chi connectivity index (χ3v) is 9.29. The van der Waals surface area contributed by atoms with Gasteiger partial charge in [-0.05, 0) is 81.9 Å². The molecule has 1 aliphatic carbocycles. The molecule has 1 N–H and O–H groups in total. The predicted octanol–water partition coefficient (Wildman–Crippen LogP) is 10.4. The number of nitrogens with zero attached hydrogens (tertiary/aromatic N) is 2. The van der Waals surface area contributed by atoms with Crippen LogP contribution in [0, 0.1) is 17.9 Å². The molecule has 0 spiro atoms. The molecule has 0 atom stereocenters. The normalized spacial score (nSPS) is 13.3. The van der Waals surface area contributed by atoms with Crippen molar-refractivity contribution < 1.29 is 30.0 Å². The maximum atomic E-state index is 11.7. The van der Waals surface area contributed by atoms with Gasteiger partial charge in [0, 0.05) is 50.4 Å². The number of fused-ring (bicyclic) bond motifs is 3. The van der Waals surface area contributed by atoms with E-state index in [0.717, 1.165) is 47.8 Å². The summed E-state index contributed by atoms with van der Waals surface area (Å²) in [6.45, 7) is 12.7. The third kappa shape index (κ3) is 6.81. The number of rotatable bonds is 8. The van der Waals surface area contributed by atoms with E-state index in [9.17, 15) is 9.90 Å². The standard InChI is InChI=1S/C27H19N2.C13H24O2.Ir/c1-27(2)22-14-18-9-6-11-28-24(18)16-21(22)26-25-19(10-12-29-26)13-20(15-23(25)27)17-7-4-3-5-8-17;1-5-10(6-2)12(14)9-13(15)11(7-3)8-4;/h3-15H,1-2H3;9-11,14H,5-8H2,1-4H3;/q-1;;/b;12-9-;. The Bertz CT molecular complexity index is 1820. The fraction of sp³-hybridized carbons (Fsp3) is 0.325. The van der Waals surface area contributed by atoms with Crippen molar-refractivity contribution >= 4 is 27.5 Å². The van der Waals surface area contributed by atoms with Gasteiger partial charge in [0.2, 0.25) is 0 Å². The molecule has 2 heterocycles. The molecule has 2 aromatic heterocycles. The molecular weight excluding hydrogens is 733 g/mol. The molecule has 0 aliphatic heterocycles. The average molecular weight is 776 g/mol. The van der Waals surface area contributed by atoms with Crippen LogP contribution in [0.5, 0.6) is 0 Å². The van der Waals surface area contributed by atoms with E-state index in [2.05, 4.69) is 85.6 Å². The van der Waals surface area contributed by atoms with E-state index in [0.29, 0.717) is 0 Å². The van der Waals surface area contributed by atoms with Crippen molar-refractivity contribution in [2.45, 2.75) is 72.6 Å². The first-order chi connectivity index (χ1) is 21.2. The second-order valence-electron chi connectivity index (χ2n) is 12.3. The second kappa shape index (κ2) is 14.6. The summed E-state index contributed by atoms with van der Waals surface area (Å²) in [6, 6.07) is 27.3. The van der Waals surface area contributed by atoms with Crippen molar-refractivity contribution in [1.29, 1.82) is 0 Å².